The van der Waals surface area contributed by atoms with Crippen molar-refractivity contribution in [3.05, 3.63) is 81.5 Å². The van der Waals surface area contributed by atoms with E-state index in [-0.39, 0.29) is 18.4 Å². The number of amides is 4. The van der Waals surface area contributed by atoms with Gasteiger partial charge < -0.3 is 35.2 Å². The second-order valence-electron chi connectivity index (χ2n) is 10.9. The van der Waals surface area contributed by atoms with Gasteiger partial charge in [0.05, 0.1) is 37.1 Å². The minimum absolute atomic E-state index is 0.0109. The SMILES string of the molecule is Cc1cccc(C(=O)Nc2cc(C(=O)NC(CC(=O)O)c3cccs3)ccc2N2CCCN(C(=O)N3CCOCC3)CC2)c1. The second kappa shape index (κ2) is 14.4. The van der Waals surface area contributed by atoms with Crippen molar-refractivity contribution in [2.45, 2.75) is 25.8 Å². The van der Waals surface area contributed by atoms with Gasteiger partial charge in [0.2, 0.25) is 0 Å². The van der Waals surface area contributed by atoms with Gasteiger partial charge in [-0.2, -0.15) is 0 Å². The highest BCUT2D eigenvalue weighted by Crippen LogP contribution is 2.30. The topological polar surface area (TPSA) is 132 Å². The van der Waals surface area contributed by atoms with E-state index in [1.807, 2.05) is 40.3 Å². The Bertz CT molecular complexity index is 1490. The highest BCUT2D eigenvalue weighted by Gasteiger charge is 2.27. The van der Waals surface area contributed by atoms with E-state index in [2.05, 4.69) is 15.5 Å². The van der Waals surface area contributed by atoms with Crippen molar-refractivity contribution in [2.75, 3.05) is 62.7 Å². The highest BCUT2D eigenvalue weighted by atomic mass is 32.1. The third-order valence-electron chi connectivity index (χ3n) is 7.75. The van der Waals surface area contributed by atoms with Crippen LogP contribution in [0.4, 0.5) is 16.2 Å². The third-order valence-corrected chi connectivity index (χ3v) is 8.73. The number of aliphatic carboxylic acids is 1. The Hall–Kier alpha value is -4.42. The number of rotatable bonds is 8. The normalized spacial score (nSPS) is 16.2. The number of nitrogens with zero attached hydrogens (tertiary/aromatic N) is 3. The van der Waals surface area contributed by atoms with Crippen LogP contribution in [0.1, 0.15) is 50.0 Å². The van der Waals surface area contributed by atoms with Gasteiger partial charge in [-0.25, -0.2) is 4.79 Å². The number of morpholine rings is 1. The van der Waals surface area contributed by atoms with Gasteiger partial charge in [0.15, 0.2) is 0 Å². The van der Waals surface area contributed by atoms with Crippen LogP contribution in [0.5, 0.6) is 0 Å². The van der Waals surface area contributed by atoms with Gasteiger partial charge in [-0.15, -0.1) is 11.3 Å². The van der Waals surface area contributed by atoms with Crippen LogP contribution < -0.4 is 15.5 Å². The largest absolute Gasteiger partial charge is 0.481 e. The number of hydrogen-bond donors (Lipinski definition) is 3. The Balaban J connectivity index is 1.38. The summed E-state index contributed by atoms with van der Waals surface area (Å²) >= 11 is 1.38. The molecule has 2 aliphatic rings. The minimum Gasteiger partial charge on any atom is -0.481 e. The molecular formula is C32H37N5O6S. The first kappa shape index (κ1) is 31.0. The molecule has 12 heteroatoms. The van der Waals surface area contributed by atoms with Crippen LogP contribution in [0, 0.1) is 6.92 Å². The Morgan fingerprint density at radius 1 is 0.886 bits per heavy atom. The molecule has 1 unspecified atom stereocenters. The number of carbonyl (C=O) groups is 4. The summed E-state index contributed by atoms with van der Waals surface area (Å²) in [7, 11) is 0. The summed E-state index contributed by atoms with van der Waals surface area (Å²) in [5.74, 6) is -1.78. The van der Waals surface area contributed by atoms with E-state index < -0.39 is 17.9 Å². The summed E-state index contributed by atoms with van der Waals surface area (Å²) in [5, 5.41) is 17.1. The van der Waals surface area contributed by atoms with Gasteiger partial charge in [-0.1, -0.05) is 23.8 Å². The van der Waals surface area contributed by atoms with Crippen LogP contribution in [0.2, 0.25) is 0 Å². The number of benzene rings is 2. The molecule has 0 aliphatic carbocycles. The summed E-state index contributed by atoms with van der Waals surface area (Å²) in [6.07, 6.45) is 0.482. The first-order chi connectivity index (χ1) is 21.3. The van der Waals surface area contributed by atoms with Crippen molar-refractivity contribution in [1.82, 2.24) is 15.1 Å². The molecule has 4 amide bonds. The second-order valence-corrected chi connectivity index (χ2v) is 11.9. The number of urea groups is 1. The molecule has 2 fully saturated rings. The number of nitrogens with one attached hydrogen (secondary N) is 2. The van der Waals surface area contributed by atoms with E-state index in [0.29, 0.717) is 69.3 Å². The fourth-order valence-corrected chi connectivity index (χ4v) is 6.24. The zero-order valence-electron chi connectivity index (χ0n) is 24.7. The molecule has 11 nitrogen and oxygen atoms in total. The zero-order chi connectivity index (χ0) is 31.1. The lowest BCUT2D eigenvalue weighted by Crippen LogP contribution is -2.49. The molecule has 2 aliphatic heterocycles. The third kappa shape index (κ3) is 7.74. The van der Waals surface area contributed by atoms with Crippen molar-refractivity contribution in [2.24, 2.45) is 0 Å². The lowest BCUT2D eigenvalue weighted by Gasteiger charge is -2.32. The quantitative estimate of drug-likeness (QED) is 0.344. The fourth-order valence-electron chi connectivity index (χ4n) is 5.47. The molecule has 3 aromatic rings. The molecule has 5 rings (SSSR count). The molecule has 3 heterocycles. The minimum atomic E-state index is -1.02. The fraction of sp³-hybridized carbons (Fsp3) is 0.375. The average molecular weight is 620 g/mol. The molecule has 0 spiro atoms. The summed E-state index contributed by atoms with van der Waals surface area (Å²) in [4.78, 5) is 58.0. The summed E-state index contributed by atoms with van der Waals surface area (Å²) in [6.45, 7) is 6.50. The number of carboxylic acid groups (broad SMARTS) is 1. The number of thiophene rings is 1. The summed E-state index contributed by atoms with van der Waals surface area (Å²) in [5.41, 5.74) is 2.93. The Morgan fingerprint density at radius 3 is 2.39 bits per heavy atom. The van der Waals surface area contributed by atoms with E-state index in [9.17, 15) is 24.3 Å². The smallest absolute Gasteiger partial charge is 0.320 e. The number of ether oxygens (including phenoxy) is 1. The van der Waals surface area contributed by atoms with Crippen LogP contribution in [-0.4, -0.2) is 91.2 Å². The van der Waals surface area contributed by atoms with E-state index >= 15 is 0 Å². The monoisotopic (exact) mass is 619 g/mol. The Morgan fingerprint density at radius 2 is 1.66 bits per heavy atom. The Kier molecular flexibility index (Phi) is 10.1. The molecular weight excluding hydrogens is 582 g/mol. The summed E-state index contributed by atoms with van der Waals surface area (Å²) < 4.78 is 5.39. The van der Waals surface area contributed by atoms with E-state index in [1.165, 1.54) is 11.3 Å². The molecule has 1 atom stereocenters. The van der Waals surface area contributed by atoms with E-state index in [0.717, 1.165) is 22.5 Å². The Labute approximate surface area is 260 Å². The lowest BCUT2D eigenvalue weighted by atomic mass is 10.1. The molecule has 0 radical (unpaired) electrons. The van der Waals surface area contributed by atoms with Crippen LogP contribution in [0.15, 0.2) is 60.0 Å². The van der Waals surface area contributed by atoms with Crippen molar-refractivity contribution < 1.29 is 29.0 Å². The predicted octanol–water partition coefficient (Wildman–Crippen LogP) is 4.22. The number of carboxylic acids is 1. The van der Waals surface area contributed by atoms with Gasteiger partial charge in [0.1, 0.15) is 0 Å². The molecule has 0 bridgehead atoms. The van der Waals surface area contributed by atoms with Crippen molar-refractivity contribution in [1.29, 1.82) is 0 Å². The molecule has 3 N–H and O–H groups in total. The van der Waals surface area contributed by atoms with E-state index in [4.69, 9.17) is 4.74 Å². The van der Waals surface area contributed by atoms with Crippen LogP contribution in [-0.2, 0) is 9.53 Å². The maximum atomic E-state index is 13.4. The van der Waals surface area contributed by atoms with Gasteiger partial charge >= 0.3 is 12.0 Å². The predicted molar refractivity (Wildman–Crippen MR) is 169 cm³/mol. The van der Waals surface area contributed by atoms with E-state index in [1.54, 1.807) is 36.4 Å². The van der Waals surface area contributed by atoms with Crippen LogP contribution >= 0.6 is 11.3 Å². The molecule has 0 saturated carbocycles. The number of hydrogen-bond acceptors (Lipinski definition) is 7. The maximum Gasteiger partial charge on any atom is 0.320 e. The van der Waals surface area contributed by atoms with Gasteiger partial charge in [0, 0.05) is 55.3 Å². The zero-order valence-corrected chi connectivity index (χ0v) is 25.5. The molecule has 2 saturated heterocycles. The maximum absolute atomic E-state index is 13.4. The van der Waals surface area contributed by atoms with Gasteiger partial charge in [-0.3, -0.25) is 14.4 Å². The first-order valence-corrected chi connectivity index (χ1v) is 15.6. The van der Waals surface area contributed by atoms with Crippen LogP contribution in [0.3, 0.4) is 0 Å². The standard InChI is InChI=1S/C32H37N5O6S/c1-22-5-2-6-23(19-22)30(40)33-25-20-24(31(41)34-26(21-29(38)39)28-7-3-18-44-28)8-9-27(25)35-10-4-11-36(13-12-35)32(42)37-14-16-43-17-15-37/h2-3,5-9,18-20,26H,4,10-17,21H2,1H3,(H,33,40)(H,34,41)(H,38,39). The molecule has 232 valence electrons. The summed E-state index contributed by atoms with van der Waals surface area (Å²) in [6, 6.07) is 15.3. The van der Waals surface area contributed by atoms with Crippen LogP contribution in [0.25, 0.3) is 0 Å². The number of anilines is 2. The molecule has 44 heavy (non-hydrogen) atoms. The first-order valence-electron chi connectivity index (χ1n) is 14.7. The number of aryl methyl sites for hydroxylation is 1. The molecule has 1 aromatic heterocycles. The van der Waals surface area contributed by atoms with Crippen molar-refractivity contribution in [3.8, 4) is 0 Å². The van der Waals surface area contributed by atoms with Crippen molar-refractivity contribution in [3.63, 3.8) is 0 Å². The van der Waals surface area contributed by atoms with Gasteiger partial charge in [0.25, 0.3) is 11.8 Å². The van der Waals surface area contributed by atoms with Crippen molar-refractivity contribution >= 4 is 46.5 Å². The lowest BCUT2D eigenvalue weighted by molar-refractivity contribution is -0.137. The number of carbonyl (C=O) groups excluding carboxylic acids is 3. The average Bonchev–Trinajstić information content (AvgIpc) is 3.46. The van der Waals surface area contributed by atoms with Gasteiger partial charge in [-0.05, 0) is 55.1 Å². The highest BCUT2D eigenvalue weighted by molar-refractivity contribution is 7.10. The molecule has 2 aromatic carbocycles.